The van der Waals surface area contributed by atoms with Crippen LogP contribution in [0.3, 0.4) is 0 Å². The van der Waals surface area contributed by atoms with Gasteiger partial charge in [-0.3, -0.25) is 4.40 Å². The van der Waals surface area contributed by atoms with Crippen LogP contribution in [0.1, 0.15) is 24.7 Å². The van der Waals surface area contributed by atoms with Crippen molar-refractivity contribution in [2.75, 3.05) is 26.2 Å². The number of guanidine groups is 1. The summed E-state index contributed by atoms with van der Waals surface area (Å²) in [7, 11) is 0. The smallest absolute Gasteiger partial charge is 0.194 e. The standard InChI is InChI=1S/C22H28N6O.HI/c1-2-23-22(24-14-21-26-25-20-10-6-7-12-28(20)21)27-13-11-19(15-27)17-29-16-18-8-4-3-5-9-18;/h3-10,12,19H,2,11,13-17H2,1H3,(H,23,24);1H. The van der Waals surface area contributed by atoms with Crippen LogP contribution in [0.4, 0.5) is 0 Å². The number of benzene rings is 1. The fourth-order valence-electron chi connectivity index (χ4n) is 3.65. The molecule has 1 fully saturated rings. The number of fused-ring (bicyclic) bond motifs is 1. The van der Waals surface area contributed by atoms with E-state index in [4.69, 9.17) is 9.73 Å². The lowest BCUT2D eigenvalue weighted by molar-refractivity contribution is 0.0906. The highest BCUT2D eigenvalue weighted by atomic mass is 127. The molecule has 1 N–H and O–H groups in total. The molecule has 8 heteroatoms. The van der Waals surface area contributed by atoms with E-state index in [0.29, 0.717) is 19.1 Å². The van der Waals surface area contributed by atoms with E-state index in [1.807, 2.05) is 47.0 Å². The Kier molecular flexibility index (Phi) is 8.44. The second-order valence-corrected chi connectivity index (χ2v) is 7.32. The summed E-state index contributed by atoms with van der Waals surface area (Å²) >= 11 is 0. The molecule has 1 saturated heterocycles. The fraction of sp³-hybridized carbons (Fsp3) is 0.409. The maximum atomic E-state index is 5.95. The number of nitrogens with one attached hydrogen (secondary N) is 1. The van der Waals surface area contributed by atoms with E-state index in [-0.39, 0.29) is 24.0 Å². The van der Waals surface area contributed by atoms with E-state index < -0.39 is 0 Å². The molecule has 1 aromatic carbocycles. The summed E-state index contributed by atoms with van der Waals surface area (Å²) < 4.78 is 7.93. The first kappa shape index (κ1) is 22.5. The van der Waals surface area contributed by atoms with Gasteiger partial charge in [-0.25, -0.2) is 4.99 Å². The predicted octanol–water partition coefficient (Wildman–Crippen LogP) is 3.35. The Morgan fingerprint density at radius 1 is 1.17 bits per heavy atom. The normalized spacial score (nSPS) is 16.6. The van der Waals surface area contributed by atoms with E-state index in [0.717, 1.165) is 50.1 Å². The molecule has 1 aliphatic heterocycles. The molecule has 1 aliphatic rings. The van der Waals surface area contributed by atoms with Crippen LogP contribution in [-0.2, 0) is 17.9 Å². The minimum atomic E-state index is 0. The second kappa shape index (κ2) is 11.3. The van der Waals surface area contributed by atoms with E-state index >= 15 is 0 Å². The van der Waals surface area contributed by atoms with Crippen molar-refractivity contribution in [3.63, 3.8) is 0 Å². The molecule has 0 amide bonds. The maximum Gasteiger partial charge on any atom is 0.194 e. The van der Waals surface area contributed by atoms with Gasteiger partial charge in [-0.1, -0.05) is 36.4 Å². The lowest BCUT2D eigenvalue weighted by atomic mass is 10.1. The molecule has 0 saturated carbocycles. The molecular weight excluding hydrogens is 491 g/mol. The van der Waals surface area contributed by atoms with Crippen LogP contribution in [0, 0.1) is 5.92 Å². The number of nitrogens with zero attached hydrogens (tertiary/aromatic N) is 5. The zero-order valence-electron chi connectivity index (χ0n) is 17.3. The molecule has 1 unspecified atom stereocenters. The Bertz CT molecular complexity index is 945. The molecule has 0 radical (unpaired) electrons. The quantitative estimate of drug-likeness (QED) is 0.294. The number of ether oxygens (including phenoxy) is 1. The van der Waals surface area contributed by atoms with Crippen molar-refractivity contribution in [3.05, 3.63) is 66.1 Å². The molecule has 0 bridgehead atoms. The Morgan fingerprint density at radius 3 is 2.83 bits per heavy atom. The maximum absolute atomic E-state index is 5.95. The Balaban J connectivity index is 0.00000256. The number of halogens is 1. The van der Waals surface area contributed by atoms with Gasteiger partial charge in [-0.05, 0) is 31.0 Å². The van der Waals surface area contributed by atoms with Gasteiger partial charge in [0, 0.05) is 31.7 Å². The molecule has 0 spiro atoms. The molecule has 4 rings (SSSR count). The number of aromatic nitrogens is 3. The van der Waals surface area contributed by atoms with E-state index in [1.165, 1.54) is 5.56 Å². The highest BCUT2D eigenvalue weighted by Gasteiger charge is 2.25. The third-order valence-corrected chi connectivity index (χ3v) is 5.14. The molecule has 7 nitrogen and oxygen atoms in total. The van der Waals surface area contributed by atoms with Gasteiger partial charge in [0.25, 0.3) is 0 Å². The Hall–Kier alpha value is -2.20. The summed E-state index contributed by atoms with van der Waals surface area (Å²) in [6, 6.07) is 16.2. The van der Waals surface area contributed by atoms with Crippen LogP contribution in [0.25, 0.3) is 5.65 Å². The van der Waals surface area contributed by atoms with Gasteiger partial charge in [-0.15, -0.1) is 34.2 Å². The van der Waals surface area contributed by atoms with Crippen LogP contribution in [0.5, 0.6) is 0 Å². The van der Waals surface area contributed by atoms with E-state index in [2.05, 4.69) is 39.5 Å². The second-order valence-electron chi connectivity index (χ2n) is 7.32. The fourth-order valence-corrected chi connectivity index (χ4v) is 3.65. The zero-order chi connectivity index (χ0) is 19.9. The minimum Gasteiger partial charge on any atom is -0.376 e. The van der Waals surface area contributed by atoms with Gasteiger partial charge in [0.1, 0.15) is 6.54 Å². The van der Waals surface area contributed by atoms with Crippen molar-refractivity contribution < 1.29 is 4.74 Å². The van der Waals surface area contributed by atoms with Gasteiger partial charge < -0.3 is 15.0 Å². The summed E-state index contributed by atoms with van der Waals surface area (Å²) in [4.78, 5) is 7.14. The third-order valence-electron chi connectivity index (χ3n) is 5.14. The first-order chi connectivity index (χ1) is 14.3. The van der Waals surface area contributed by atoms with Crippen molar-refractivity contribution >= 4 is 35.6 Å². The van der Waals surface area contributed by atoms with Crippen LogP contribution in [0.2, 0.25) is 0 Å². The number of hydrogen-bond donors (Lipinski definition) is 1. The summed E-state index contributed by atoms with van der Waals surface area (Å²) in [6.07, 6.45) is 3.09. The molecule has 0 aliphatic carbocycles. The molecule has 30 heavy (non-hydrogen) atoms. The summed E-state index contributed by atoms with van der Waals surface area (Å²) in [5, 5.41) is 11.9. The van der Waals surface area contributed by atoms with Crippen molar-refractivity contribution in [2.24, 2.45) is 10.9 Å². The first-order valence-electron chi connectivity index (χ1n) is 10.3. The van der Waals surface area contributed by atoms with E-state index in [1.54, 1.807) is 0 Å². The van der Waals surface area contributed by atoms with Crippen LogP contribution < -0.4 is 5.32 Å². The van der Waals surface area contributed by atoms with E-state index in [9.17, 15) is 0 Å². The molecule has 3 heterocycles. The molecule has 160 valence electrons. The predicted molar refractivity (Wildman–Crippen MR) is 129 cm³/mol. The number of aliphatic imine (C=N–C) groups is 1. The number of pyridine rings is 1. The monoisotopic (exact) mass is 520 g/mol. The molecular formula is C22H29IN6O. The van der Waals surface area contributed by atoms with Crippen LogP contribution in [-0.4, -0.2) is 51.7 Å². The highest BCUT2D eigenvalue weighted by molar-refractivity contribution is 14.0. The molecule has 1 atom stereocenters. The van der Waals surface area contributed by atoms with Gasteiger partial charge >= 0.3 is 0 Å². The zero-order valence-corrected chi connectivity index (χ0v) is 19.6. The van der Waals surface area contributed by atoms with Gasteiger partial charge in [0.15, 0.2) is 17.4 Å². The Labute approximate surface area is 194 Å². The van der Waals surface area contributed by atoms with Gasteiger partial charge in [0.05, 0.1) is 13.2 Å². The van der Waals surface area contributed by atoms with Gasteiger partial charge in [-0.2, -0.15) is 0 Å². The first-order valence-corrected chi connectivity index (χ1v) is 10.3. The Morgan fingerprint density at radius 2 is 2.00 bits per heavy atom. The summed E-state index contributed by atoms with van der Waals surface area (Å²) in [5.41, 5.74) is 2.07. The SMILES string of the molecule is CCNC(=NCc1nnc2ccccn12)N1CCC(COCc2ccccc2)C1.I. The lowest BCUT2D eigenvalue weighted by Crippen LogP contribution is -2.40. The van der Waals surface area contributed by atoms with Crippen molar-refractivity contribution in [1.82, 2.24) is 24.8 Å². The lowest BCUT2D eigenvalue weighted by Gasteiger charge is -2.21. The number of likely N-dealkylation sites (tertiary alicyclic amines) is 1. The number of rotatable bonds is 7. The number of hydrogen-bond acceptors (Lipinski definition) is 4. The van der Waals surface area contributed by atoms with Crippen molar-refractivity contribution in [2.45, 2.75) is 26.5 Å². The average molecular weight is 520 g/mol. The van der Waals surface area contributed by atoms with Crippen molar-refractivity contribution in [1.29, 1.82) is 0 Å². The third kappa shape index (κ3) is 5.69. The van der Waals surface area contributed by atoms with Crippen LogP contribution >= 0.6 is 24.0 Å². The van der Waals surface area contributed by atoms with Crippen molar-refractivity contribution in [3.8, 4) is 0 Å². The summed E-state index contributed by atoms with van der Waals surface area (Å²) in [5.74, 6) is 2.31. The van der Waals surface area contributed by atoms with Crippen LogP contribution in [0.15, 0.2) is 59.7 Å². The van der Waals surface area contributed by atoms with Gasteiger partial charge in [0.2, 0.25) is 0 Å². The average Bonchev–Trinajstić information content (AvgIpc) is 3.39. The topological polar surface area (TPSA) is 67.0 Å². The summed E-state index contributed by atoms with van der Waals surface area (Å²) in [6.45, 7) is 6.83. The minimum absolute atomic E-state index is 0. The largest absolute Gasteiger partial charge is 0.376 e. The molecule has 2 aromatic heterocycles. The highest BCUT2D eigenvalue weighted by Crippen LogP contribution is 2.18. The molecule has 3 aromatic rings.